The summed E-state index contributed by atoms with van der Waals surface area (Å²) in [4.78, 5) is 17.9. The maximum Gasteiger partial charge on any atom is 0.271 e. The summed E-state index contributed by atoms with van der Waals surface area (Å²) in [5.41, 5.74) is 2.97. The first-order valence-corrected chi connectivity index (χ1v) is 15.1. The largest absolute Gasteiger partial charge is 0.461 e. The van der Waals surface area contributed by atoms with Crippen LogP contribution in [-0.4, -0.2) is 25.7 Å². The van der Waals surface area contributed by atoms with Gasteiger partial charge in [0.15, 0.2) is 10.9 Å². The Morgan fingerprint density at radius 2 is 1.68 bits per heavy atom. The van der Waals surface area contributed by atoms with Crippen LogP contribution in [0.15, 0.2) is 112 Å². The van der Waals surface area contributed by atoms with Crippen LogP contribution in [-0.2, 0) is 5.75 Å². The van der Waals surface area contributed by atoms with E-state index in [0.29, 0.717) is 43.9 Å². The Kier molecular flexibility index (Phi) is 8.20. The lowest BCUT2D eigenvalue weighted by Crippen LogP contribution is -2.29. The number of benzene rings is 3. The number of rotatable bonds is 9. The van der Waals surface area contributed by atoms with E-state index in [1.165, 1.54) is 23.1 Å². The van der Waals surface area contributed by atoms with Crippen molar-refractivity contribution in [2.75, 3.05) is 0 Å². The molecular formula is C30H21Cl2N5O2S2. The highest BCUT2D eigenvalue weighted by Crippen LogP contribution is 2.34. The van der Waals surface area contributed by atoms with Gasteiger partial charge < -0.3 is 9.73 Å². The number of thiazole rings is 1. The second-order valence-electron chi connectivity index (χ2n) is 8.86. The average Bonchev–Trinajstić information content (AvgIpc) is 3.78. The highest BCUT2D eigenvalue weighted by Gasteiger charge is 2.22. The van der Waals surface area contributed by atoms with Gasteiger partial charge in [-0.2, -0.15) is 0 Å². The van der Waals surface area contributed by atoms with Gasteiger partial charge in [-0.05, 0) is 41.5 Å². The van der Waals surface area contributed by atoms with E-state index in [-0.39, 0.29) is 11.9 Å². The van der Waals surface area contributed by atoms with Gasteiger partial charge in [0.2, 0.25) is 5.82 Å². The molecule has 3 heterocycles. The van der Waals surface area contributed by atoms with Crippen LogP contribution in [0.1, 0.15) is 32.7 Å². The molecule has 0 aliphatic rings. The predicted octanol–water partition coefficient (Wildman–Crippen LogP) is 8.10. The molecule has 6 aromatic rings. The van der Waals surface area contributed by atoms with Crippen LogP contribution in [0.4, 0.5) is 0 Å². The van der Waals surface area contributed by atoms with Crippen molar-refractivity contribution in [3.05, 3.63) is 135 Å². The fourth-order valence-electron chi connectivity index (χ4n) is 4.27. The summed E-state index contributed by atoms with van der Waals surface area (Å²) in [5.74, 6) is 1.26. The molecule has 0 aliphatic heterocycles. The average molecular weight is 619 g/mol. The predicted molar refractivity (Wildman–Crippen MR) is 163 cm³/mol. The smallest absolute Gasteiger partial charge is 0.271 e. The third kappa shape index (κ3) is 6.08. The van der Waals surface area contributed by atoms with Crippen LogP contribution >= 0.6 is 46.3 Å². The van der Waals surface area contributed by atoms with Gasteiger partial charge in [-0.1, -0.05) is 95.6 Å². The van der Waals surface area contributed by atoms with Crippen molar-refractivity contribution in [2.45, 2.75) is 17.0 Å². The number of aromatic nitrogens is 4. The first-order valence-electron chi connectivity index (χ1n) is 12.5. The Morgan fingerprint density at radius 3 is 2.37 bits per heavy atom. The molecule has 0 unspecified atom stereocenters. The van der Waals surface area contributed by atoms with Gasteiger partial charge in [0.25, 0.3) is 5.91 Å². The molecule has 0 saturated carbocycles. The van der Waals surface area contributed by atoms with Crippen molar-refractivity contribution >= 4 is 52.2 Å². The first-order chi connectivity index (χ1) is 20.1. The molecule has 0 fully saturated rings. The van der Waals surface area contributed by atoms with E-state index in [0.717, 1.165) is 16.1 Å². The molecule has 1 N–H and O–H groups in total. The topological polar surface area (TPSA) is 85.8 Å². The number of hydrogen-bond acceptors (Lipinski definition) is 7. The molecule has 3 aromatic carbocycles. The molecule has 3 aromatic heterocycles. The zero-order valence-electron chi connectivity index (χ0n) is 21.3. The van der Waals surface area contributed by atoms with Gasteiger partial charge in [-0.15, -0.1) is 21.5 Å². The van der Waals surface area contributed by atoms with E-state index in [4.69, 9.17) is 27.6 Å². The van der Waals surface area contributed by atoms with Gasteiger partial charge in [-0.25, -0.2) is 4.98 Å². The van der Waals surface area contributed by atoms with Crippen LogP contribution in [0.25, 0.3) is 17.3 Å². The third-order valence-corrected chi connectivity index (χ3v) is 8.70. The van der Waals surface area contributed by atoms with Gasteiger partial charge >= 0.3 is 0 Å². The highest BCUT2D eigenvalue weighted by atomic mass is 35.5. The van der Waals surface area contributed by atoms with Crippen LogP contribution in [0.5, 0.6) is 0 Å². The number of carbonyl (C=O) groups is 1. The lowest BCUT2D eigenvalue weighted by atomic mass is 9.98. The van der Waals surface area contributed by atoms with E-state index in [9.17, 15) is 4.79 Å². The Balaban J connectivity index is 1.22. The molecule has 11 heteroatoms. The number of halogens is 2. The van der Waals surface area contributed by atoms with Crippen molar-refractivity contribution in [1.29, 1.82) is 0 Å². The molecular weight excluding hydrogens is 597 g/mol. The number of amides is 1. The zero-order chi connectivity index (χ0) is 28.2. The van der Waals surface area contributed by atoms with Crippen LogP contribution < -0.4 is 5.32 Å². The summed E-state index contributed by atoms with van der Waals surface area (Å²) in [7, 11) is 0. The van der Waals surface area contributed by atoms with E-state index >= 15 is 0 Å². The molecule has 0 radical (unpaired) electrons. The second-order valence-corrected chi connectivity index (χ2v) is 11.6. The summed E-state index contributed by atoms with van der Waals surface area (Å²) in [6, 6.07) is 28.2. The number of hydrogen-bond donors (Lipinski definition) is 1. The molecule has 0 spiro atoms. The number of furan rings is 1. The molecule has 0 atom stereocenters. The minimum atomic E-state index is -0.301. The van der Waals surface area contributed by atoms with E-state index in [1.807, 2.05) is 65.2 Å². The number of carbonyl (C=O) groups excluding carboxylic acids is 1. The quantitative estimate of drug-likeness (QED) is 0.165. The summed E-state index contributed by atoms with van der Waals surface area (Å²) in [5, 5.41) is 16.0. The molecule has 41 heavy (non-hydrogen) atoms. The summed E-state index contributed by atoms with van der Waals surface area (Å²) in [6.07, 6.45) is 1.57. The van der Waals surface area contributed by atoms with Gasteiger partial charge in [-0.3, -0.25) is 9.36 Å². The van der Waals surface area contributed by atoms with Gasteiger partial charge in [0.05, 0.1) is 28.8 Å². The van der Waals surface area contributed by atoms with E-state index in [2.05, 4.69) is 20.5 Å². The van der Waals surface area contributed by atoms with Crippen molar-refractivity contribution in [2.24, 2.45) is 0 Å². The van der Waals surface area contributed by atoms with Crippen LogP contribution in [0, 0.1) is 0 Å². The Hall–Kier alpha value is -3.89. The minimum absolute atomic E-state index is 0.246. The van der Waals surface area contributed by atoms with Crippen molar-refractivity contribution < 1.29 is 9.21 Å². The lowest BCUT2D eigenvalue weighted by Gasteiger charge is -2.19. The van der Waals surface area contributed by atoms with Gasteiger partial charge in [0.1, 0.15) is 10.7 Å². The maximum absolute atomic E-state index is 13.3. The first kappa shape index (κ1) is 27.3. The maximum atomic E-state index is 13.3. The minimum Gasteiger partial charge on any atom is -0.461 e. The Morgan fingerprint density at radius 1 is 0.951 bits per heavy atom. The SMILES string of the molecule is O=C(NC(c1ccccc1)c1ccccc1)c1csc(CSc2nnc(-c3ccco3)n2-c2cc(Cl)ccc2Cl)n1. The monoisotopic (exact) mass is 617 g/mol. The zero-order valence-corrected chi connectivity index (χ0v) is 24.4. The molecule has 1 amide bonds. The van der Waals surface area contributed by atoms with E-state index in [1.54, 1.807) is 42.0 Å². The number of thioether (sulfide) groups is 1. The fourth-order valence-corrected chi connectivity index (χ4v) is 6.37. The molecule has 204 valence electrons. The highest BCUT2D eigenvalue weighted by molar-refractivity contribution is 7.98. The summed E-state index contributed by atoms with van der Waals surface area (Å²) < 4.78 is 7.40. The van der Waals surface area contributed by atoms with Crippen molar-refractivity contribution in [1.82, 2.24) is 25.1 Å². The third-order valence-electron chi connectivity index (χ3n) is 6.17. The van der Waals surface area contributed by atoms with Crippen molar-refractivity contribution in [3.8, 4) is 17.3 Å². The fraction of sp³-hybridized carbons (Fsp3) is 0.0667. The Labute approximate surface area is 254 Å². The van der Waals surface area contributed by atoms with E-state index < -0.39 is 0 Å². The standard InChI is InChI=1S/C30H21Cl2N5O2S2/c31-21-13-14-22(32)24(16-21)37-28(25-12-7-15-39-25)35-36-30(37)41-18-26-33-23(17-40-26)29(38)34-27(19-8-3-1-4-9-19)20-10-5-2-6-11-20/h1-17,27H,18H2,(H,34,38). The van der Waals surface area contributed by atoms with Crippen LogP contribution in [0.3, 0.4) is 0 Å². The normalized spacial score (nSPS) is 11.2. The van der Waals surface area contributed by atoms with Crippen molar-refractivity contribution in [3.63, 3.8) is 0 Å². The van der Waals surface area contributed by atoms with Crippen LogP contribution in [0.2, 0.25) is 10.0 Å². The molecule has 0 bridgehead atoms. The van der Waals surface area contributed by atoms with Gasteiger partial charge in [0, 0.05) is 10.4 Å². The number of nitrogens with zero attached hydrogens (tertiary/aromatic N) is 4. The molecule has 6 rings (SSSR count). The summed E-state index contributed by atoms with van der Waals surface area (Å²) in [6.45, 7) is 0. The number of nitrogens with one attached hydrogen (secondary N) is 1. The molecule has 0 aliphatic carbocycles. The summed E-state index contributed by atoms with van der Waals surface area (Å²) >= 11 is 15.7. The molecule has 0 saturated heterocycles. The Bertz CT molecular complexity index is 1730. The lowest BCUT2D eigenvalue weighted by molar-refractivity contribution is 0.0938. The second kappa shape index (κ2) is 12.3. The molecule has 7 nitrogen and oxygen atoms in total.